The van der Waals surface area contributed by atoms with Crippen molar-refractivity contribution in [1.82, 2.24) is 14.0 Å². The van der Waals surface area contributed by atoms with Gasteiger partial charge in [0.25, 0.3) is 0 Å². The minimum atomic E-state index is -2.79. The smallest absolute Gasteiger partial charge is 0.0479 e. The molecule has 0 atom stereocenters. The van der Waals surface area contributed by atoms with E-state index in [1.165, 1.54) is 5.56 Å². The Kier molecular flexibility index (Phi) is 8.38. The standard InChI is InChI=1S/C13H25ClN3P.ClHS/c1-15(2)18(14,16(3)4,17(5)6)12-13-10-8-7-9-11-13;1-2/h7-11H,12H2,1-6H3;2H. The number of hydrogen-bond acceptors (Lipinski definition) is 4. The maximum absolute atomic E-state index is 7.25. The molecule has 0 bridgehead atoms. The predicted octanol–water partition coefficient (Wildman–Crippen LogP) is 4.39. The summed E-state index contributed by atoms with van der Waals surface area (Å²) in [5.41, 5.74) is 1.27. The number of thiol groups is 1. The second-order valence-electron chi connectivity index (χ2n) is 5.22. The van der Waals surface area contributed by atoms with Crippen molar-refractivity contribution in [2.75, 3.05) is 42.3 Å². The van der Waals surface area contributed by atoms with Crippen molar-refractivity contribution in [3.05, 3.63) is 35.9 Å². The molecule has 0 amide bonds. The van der Waals surface area contributed by atoms with Crippen LogP contribution < -0.4 is 0 Å². The minimum absolute atomic E-state index is 0.834. The average Bonchev–Trinajstić information content (AvgIpc) is 2.41. The van der Waals surface area contributed by atoms with E-state index in [4.69, 9.17) is 11.2 Å². The summed E-state index contributed by atoms with van der Waals surface area (Å²) in [6.07, 6.45) is -1.95. The number of rotatable bonds is 5. The molecule has 0 spiro atoms. The summed E-state index contributed by atoms with van der Waals surface area (Å²) in [4.78, 5) is 0. The normalized spacial score (nSPS) is 13.9. The van der Waals surface area contributed by atoms with Gasteiger partial charge in [-0.1, -0.05) is 11.8 Å². The van der Waals surface area contributed by atoms with Crippen LogP contribution in [0, 0.1) is 0 Å². The molecule has 1 aromatic carbocycles. The Balaban J connectivity index is 0.00000172. The minimum Gasteiger partial charge on any atom is -0.0728 e. The SMILES string of the molecule is CN(C)P(Cl)(Cc1ccccc1)(N(C)C)N(C)C.SCl. The van der Waals surface area contributed by atoms with Gasteiger partial charge in [0.15, 0.2) is 0 Å². The Morgan fingerprint density at radius 2 is 1.20 bits per heavy atom. The Labute approximate surface area is 138 Å². The Morgan fingerprint density at radius 1 is 0.850 bits per heavy atom. The summed E-state index contributed by atoms with van der Waals surface area (Å²) in [6, 6.07) is 10.4. The van der Waals surface area contributed by atoms with Crippen LogP contribution in [0.1, 0.15) is 5.56 Å². The van der Waals surface area contributed by atoms with Gasteiger partial charge in [-0.2, -0.15) is 0 Å². The zero-order valence-corrected chi connectivity index (χ0v) is 16.4. The van der Waals surface area contributed by atoms with Crippen LogP contribution in [-0.4, -0.2) is 56.3 Å². The van der Waals surface area contributed by atoms with Crippen LogP contribution in [0.4, 0.5) is 0 Å². The number of nitrogens with zero attached hydrogens (tertiary/aromatic N) is 3. The second kappa shape index (κ2) is 8.19. The maximum Gasteiger partial charge on any atom is -0.0479 e. The topological polar surface area (TPSA) is 9.72 Å². The van der Waals surface area contributed by atoms with Gasteiger partial charge in [-0.25, -0.2) is 0 Å². The molecule has 0 radical (unpaired) electrons. The van der Waals surface area contributed by atoms with Crippen LogP contribution in [0.25, 0.3) is 0 Å². The van der Waals surface area contributed by atoms with Crippen LogP contribution in [0.15, 0.2) is 30.3 Å². The van der Waals surface area contributed by atoms with Crippen molar-refractivity contribution in [3.63, 3.8) is 0 Å². The van der Waals surface area contributed by atoms with Gasteiger partial charge in [0, 0.05) is 0 Å². The van der Waals surface area contributed by atoms with E-state index in [9.17, 15) is 0 Å². The summed E-state index contributed by atoms with van der Waals surface area (Å²) < 4.78 is 6.54. The second-order valence-corrected chi connectivity index (χ2v) is 12.1. The average molecular weight is 358 g/mol. The Morgan fingerprint density at radius 3 is 1.50 bits per heavy atom. The molecule has 0 aromatic heterocycles. The summed E-state index contributed by atoms with van der Waals surface area (Å²) in [5, 5.41) is 0. The largest absolute Gasteiger partial charge is 0.0728 e. The summed E-state index contributed by atoms with van der Waals surface area (Å²) >= 11 is 10.2. The molecule has 0 heterocycles. The summed E-state index contributed by atoms with van der Waals surface area (Å²) in [5.74, 6) is 0. The molecule has 118 valence electrons. The summed E-state index contributed by atoms with van der Waals surface area (Å²) in [6.45, 7) is 0. The van der Waals surface area contributed by atoms with Crippen LogP contribution in [0.3, 0.4) is 0 Å². The molecule has 0 fully saturated rings. The van der Waals surface area contributed by atoms with Crippen molar-refractivity contribution in [3.8, 4) is 0 Å². The molecule has 0 saturated carbocycles. The van der Waals surface area contributed by atoms with E-state index in [1.807, 2.05) is 6.07 Å². The molecular weight excluding hydrogens is 332 g/mol. The molecule has 0 unspecified atom stereocenters. The quantitative estimate of drug-likeness (QED) is 0.618. The third-order valence-electron chi connectivity index (χ3n) is 3.67. The predicted molar refractivity (Wildman–Crippen MR) is 98.8 cm³/mol. The van der Waals surface area contributed by atoms with Crippen LogP contribution >= 0.6 is 40.2 Å². The van der Waals surface area contributed by atoms with Gasteiger partial charge in [-0.3, -0.25) is 0 Å². The maximum atomic E-state index is 7.25. The molecule has 7 heteroatoms. The van der Waals surface area contributed by atoms with E-state index >= 15 is 0 Å². The van der Waals surface area contributed by atoms with E-state index in [2.05, 4.69) is 103 Å². The van der Waals surface area contributed by atoms with Gasteiger partial charge in [-0.05, 0) is 10.7 Å². The Hall–Kier alpha value is 0.460. The van der Waals surface area contributed by atoms with E-state index in [0.29, 0.717) is 0 Å². The van der Waals surface area contributed by atoms with Crippen LogP contribution in [0.2, 0.25) is 0 Å². The first-order chi connectivity index (χ1) is 9.23. The van der Waals surface area contributed by atoms with Crippen molar-refractivity contribution in [1.29, 1.82) is 0 Å². The van der Waals surface area contributed by atoms with Gasteiger partial charge in [0.1, 0.15) is 0 Å². The third kappa shape index (κ3) is 3.80. The van der Waals surface area contributed by atoms with E-state index in [-0.39, 0.29) is 0 Å². The fourth-order valence-corrected chi connectivity index (χ4v) is 6.64. The monoisotopic (exact) mass is 357 g/mol. The molecule has 0 aliphatic heterocycles. The zero-order valence-electron chi connectivity index (χ0n) is 13.1. The Bertz CT molecular complexity index is 377. The molecular formula is C13H26Cl2N3PS. The van der Waals surface area contributed by atoms with Gasteiger partial charge in [-0.15, -0.1) is 0 Å². The van der Waals surface area contributed by atoms with Gasteiger partial charge in [0.05, 0.1) is 0 Å². The zero-order chi connectivity index (χ0) is 16.0. The van der Waals surface area contributed by atoms with E-state index in [0.717, 1.165) is 6.16 Å². The molecule has 20 heavy (non-hydrogen) atoms. The molecule has 0 N–H and O–H groups in total. The van der Waals surface area contributed by atoms with Crippen molar-refractivity contribution in [2.45, 2.75) is 6.16 Å². The third-order valence-corrected chi connectivity index (χ3v) is 12.4. The van der Waals surface area contributed by atoms with E-state index < -0.39 is 6.41 Å². The fourth-order valence-electron chi connectivity index (χ4n) is 2.39. The van der Waals surface area contributed by atoms with Crippen LogP contribution in [-0.2, 0) is 6.16 Å². The molecule has 0 saturated heterocycles. The number of hydrogen-bond donors (Lipinski definition) is 1. The molecule has 1 rings (SSSR count). The van der Waals surface area contributed by atoms with Gasteiger partial charge < -0.3 is 0 Å². The first kappa shape index (κ1) is 20.5. The fraction of sp³-hybridized carbons (Fsp3) is 0.538. The molecule has 1 aromatic rings. The van der Waals surface area contributed by atoms with Crippen molar-refractivity contribution >= 4 is 40.2 Å². The van der Waals surface area contributed by atoms with Gasteiger partial charge in [0.2, 0.25) is 0 Å². The number of benzene rings is 1. The summed E-state index contributed by atoms with van der Waals surface area (Å²) in [7, 11) is 16.7. The van der Waals surface area contributed by atoms with Crippen molar-refractivity contribution in [2.24, 2.45) is 0 Å². The molecule has 0 aliphatic carbocycles. The van der Waals surface area contributed by atoms with E-state index in [1.54, 1.807) is 0 Å². The van der Waals surface area contributed by atoms with Gasteiger partial charge >= 0.3 is 116 Å². The first-order valence-corrected chi connectivity index (χ1v) is 10.7. The first-order valence-electron chi connectivity index (χ1n) is 6.20. The van der Waals surface area contributed by atoms with Crippen LogP contribution in [0.5, 0.6) is 0 Å². The van der Waals surface area contributed by atoms with Crippen molar-refractivity contribution < 1.29 is 0 Å². The number of halogens is 2. The molecule has 0 aliphatic rings. The molecule has 3 nitrogen and oxygen atoms in total.